The topological polar surface area (TPSA) is 89.2 Å². The molecule has 1 amide bonds. The van der Waals surface area contributed by atoms with Gasteiger partial charge in [-0.05, 0) is 74.4 Å². The van der Waals surface area contributed by atoms with Gasteiger partial charge in [-0.2, -0.15) is 0 Å². The van der Waals surface area contributed by atoms with Crippen molar-refractivity contribution in [3.8, 4) is 11.5 Å². The van der Waals surface area contributed by atoms with Crippen molar-refractivity contribution in [2.24, 2.45) is 0 Å². The molecule has 1 atom stereocenters. The summed E-state index contributed by atoms with van der Waals surface area (Å²) in [5.74, 6) is 0.230. The van der Waals surface area contributed by atoms with Crippen LogP contribution < -0.4 is 14.4 Å². The molecule has 7 heteroatoms. The van der Waals surface area contributed by atoms with E-state index in [1.165, 1.54) is 4.90 Å². The number of ketones is 1. The summed E-state index contributed by atoms with van der Waals surface area (Å²) in [6, 6.07) is 13.0. The lowest BCUT2D eigenvalue weighted by Gasteiger charge is -2.24. The molecule has 5 rings (SSSR count). The fourth-order valence-electron chi connectivity index (χ4n) is 4.04. The number of carbonyl (C=O) groups is 2. The fraction of sp³-hybridized carbons (Fsp3) is 0.200. The molecule has 7 nitrogen and oxygen atoms in total. The van der Waals surface area contributed by atoms with E-state index in [0.717, 1.165) is 11.1 Å². The van der Waals surface area contributed by atoms with Gasteiger partial charge in [0, 0.05) is 11.3 Å². The summed E-state index contributed by atoms with van der Waals surface area (Å²) >= 11 is 0. The van der Waals surface area contributed by atoms with Crippen molar-refractivity contribution in [2.45, 2.75) is 26.8 Å². The van der Waals surface area contributed by atoms with Crippen molar-refractivity contribution >= 4 is 23.1 Å². The van der Waals surface area contributed by atoms with E-state index in [-0.39, 0.29) is 18.1 Å². The molecule has 0 radical (unpaired) electrons. The SMILES string of the molecule is Cc1ccc(C2/C(=C(/O)c3ccc4c(c3)OCO4)C(=O)C(=O)N2c2ccc(C)c(C)c2)o1. The van der Waals surface area contributed by atoms with E-state index in [9.17, 15) is 14.7 Å². The van der Waals surface area contributed by atoms with Crippen LogP contribution in [0.2, 0.25) is 0 Å². The zero-order valence-electron chi connectivity index (χ0n) is 17.8. The Hall–Kier alpha value is -4.00. The van der Waals surface area contributed by atoms with Crippen LogP contribution in [0.5, 0.6) is 11.5 Å². The number of aryl methyl sites for hydroxylation is 3. The smallest absolute Gasteiger partial charge is 0.300 e. The number of aliphatic hydroxyl groups is 1. The Kier molecular flexibility index (Phi) is 4.55. The molecule has 32 heavy (non-hydrogen) atoms. The van der Waals surface area contributed by atoms with E-state index in [4.69, 9.17) is 13.9 Å². The van der Waals surface area contributed by atoms with Crippen molar-refractivity contribution in [3.05, 3.63) is 82.3 Å². The number of nitrogens with zero attached hydrogens (tertiary/aromatic N) is 1. The Labute approximate surface area is 184 Å². The number of benzene rings is 2. The van der Waals surface area contributed by atoms with Gasteiger partial charge >= 0.3 is 0 Å². The van der Waals surface area contributed by atoms with Gasteiger partial charge in [0.05, 0.1) is 5.57 Å². The number of furan rings is 1. The molecule has 0 bridgehead atoms. The van der Waals surface area contributed by atoms with Gasteiger partial charge in [-0.1, -0.05) is 6.07 Å². The van der Waals surface area contributed by atoms with E-state index in [0.29, 0.717) is 34.3 Å². The summed E-state index contributed by atoms with van der Waals surface area (Å²) in [6.07, 6.45) is 0. The van der Waals surface area contributed by atoms with Crippen LogP contribution in [0.25, 0.3) is 5.76 Å². The third kappa shape index (κ3) is 3.05. The molecule has 2 aliphatic rings. The lowest BCUT2D eigenvalue weighted by atomic mass is 9.98. The number of anilines is 1. The lowest BCUT2D eigenvalue weighted by Crippen LogP contribution is -2.29. The number of aliphatic hydroxyl groups excluding tert-OH is 1. The largest absolute Gasteiger partial charge is 0.507 e. The first kappa shape index (κ1) is 19.9. The Morgan fingerprint density at radius 1 is 0.938 bits per heavy atom. The number of amides is 1. The average molecular weight is 431 g/mol. The minimum atomic E-state index is -0.906. The number of carbonyl (C=O) groups excluding carboxylic acids is 2. The maximum Gasteiger partial charge on any atom is 0.300 e. The van der Waals surface area contributed by atoms with Crippen LogP contribution in [0.1, 0.15) is 34.3 Å². The van der Waals surface area contributed by atoms with Crippen LogP contribution in [-0.2, 0) is 9.59 Å². The first-order chi connectivity index (χ1) is 15.3. The second-order valence-corrected chi connectivity index (χ2v) is 7.95. The van der Waals surface area contributed by atoms with Gasteiger partial charge < -0.3 is 19.0 Å². The lowest BCUT2D eigenvalue weighted by molar-refractivity contribution is -0.132. The van der Waals surface area contributed by atoms with E-state index in [1.54, 1.807) is 43.3 Å². The molecule has 2 aliphatic heterocycles. The van der Waals surface area contributed by atoms with Crippen LogP contribution in [0.4, 0.5) is 5.69 Å². The van der Waals surface area contributed by atoms with Gasteiger partial charge in [-0.3, -0.25) is 14.5 Å². The summed E-state index contributed by atoms with van der Waals surface area (Å²) in [6.45, 7) is 5.78. The number of ether oxygens (including phenoxy) is 2. The normalized spacial score (nSPS) is 19.1. The third-order valence-corrected chi connectivity index (χ3v) is 5.89. The van der Waals surface area contributed by atoms with Crippen molar-refractivity contribution in [2.75, 3.05) is 11.7 Å². The molecule has 1 fully saturated rings. The van der Waals surface area contributed by atoms with Crippen LogP contribution in [-0.4, -0.2) is 23.6 Å². The van der Waals surface area contributed by atoms with Crippen molar-refractivity contribution in [1.82, 2.24) is 0 Å². The van der Waals surface area contributed by atoms with E-state index in [2.05, 4.69) is 0 Å². The average Bonchev–Trinajstić information content (AvgIpc) is 3.48. The number of fused-ring (bicyclic) bond motifs is 1. The molecule has 1 N–H and O–H groups in total. The van der Waals surface area contributed by atoms with Gasteiger partial charge in [-0.15, -0.1) is 0 Å². The molecular formula is C25H21NO6. The van der Waals surface area contributed by atoms with Crippen molar-refractivity contribution in [3.63, 3.8) is 0 Å². The first-order valence-corrected chi connectivity index (χ1v) is 10.2. The summed E-state index contributed by atoms with van der Waals surface area (Å²) < 4.78 is 16.5. The molecule has 1 aromatic heterocycles. The number of hydrogen-bond donors (Lipinski definition) is 1. The van der Waals surface area contributed by atoms with Crippen molar-refractivity contribution < 1.29 is 28.6 Å². The summed E-state index contributed by atoms with van der Waals surface area (Å²) in [5.41, 5.74) is 2.91. The Morgan fingerprint density at radius 2 is 1.72 bits per heavy atom. The van der Waals surface area contributed by atoms with Gasteiger partial charge in [0.15, 0.2) is 11.5 Å². The quantitative estimate of drug-likeness (QED) is 0.372. The van der Waals surface area contributed by atoms with Crippen LogP contribution >= 0.6 is 0 Å². The monoisotopic (exact) mass is 431 g/mol. The molecule has 0 saturated carbocycles. The van der Waals surface area contributed by atoms with Crippen LogP contribution in [0.15, 0.2) is 58.5 Å². The maximum atomic E-state index is 13.2. The highest BCUT2D eigenvalue weighted by molar-refractivity contribution is 6.51. The molecule has 162 valence electrons. The van der Waals surface area contributed by atoms with Gasteiger partial charge in [0.1, 0.15) is 23.3 Å². The summed E-state index contributed by atoms with van der Waals surface area (Å²) in [7, 11) is 0. The molecule has 3 heterocycles. The highest BCUT2D eigenvalue weighted by atomic mass is 16.7. The second kappa shape index (κ2) is 7.30. The molecule has 1 saturated heterocycles. The minimum absolute atomic E-state index is 0.0403. The zero-order chi connectivity index (χ0) is 22.6. The Morgan fingerprint density at radius 3 is 2.44 bits per heavy atom. The Balaban J connectivity index is 1.70. The maximum absolute atomic E-state index is 13.2. The predicted molar refractivity (Wildman–Crippen MR) is 117 cm³/mol. The molecule has 0 aliphatic carbocycles. The van der Waals surface area contributed by atoms with Gasteiger partial charge in [-0.25, -0.2) is 0 Å². The van der Waals surface area contributed by atoms with Gasteiger partial charge in [0.2, 0.25) is 6.79 Å². The Bertz CT molecular complexity index is 1300. The number of hydrogen-bond acceptors (Lipinski definition) is 6. The standard InChI is InChI=1S/C25H21NO6/c1-13-4-7-17(10-14(13)2)26-22(19-8-5-15(3)32-19)21(24(28)25(26)29)23(27)16-6-9-18-20(11-16)31-12-30-18/h4-11,22,27H,12H2,1-3H3/b23-21-. The summed E-state index contributed by atoms with van der Waals surface area (Å²) in [4.78, 5) is 27.7. The highest BCUT2D eigenvalue weighted by Crippen LogP contribution is 2.44. The fourth-order valence-corrected chi connectivity index (χ4v) is 4.04. The second-order valence-electron chi connectivity index (χ2n) is 7.95. The minimum Gasteiger partial charge on any atom is -0.507 e. The molecule has 3 aromatic rings. The molecule has 0 spiro atoms. The first-order valence-electron chi connectivity index (χ1n) is 10.2. The number of Topliss-reactive ketones (excluding diaryl/α,β-unsaturated/α-hetero) is 1. The summed E-state index contributed by atoms with van der Waals surface area (Å²) in [5, 5.41) is 11.2. The number of rotatable bonds is 3. The van der Waals surface area contributed by atoms with E-state index < -0.39 is 17.7 Å². The highest BCUT2D eigenvalue weighted by Gasteiger charge is 2.48. The molecule has 1 unspecified atom stereocenters. The molecule has 2 aromatic carbocycles. The van der Waals surface area contributed by atoms with E-state index >= 15 is 0 Å². The van der Waals surface area contributed by atoms with Crippen molar-refractivity contribution in [1.29, 1.82) is 0 Å². The van der Waals surface area contributed by atoms with Crippen LogP contribution in [0, 0.1) is 20.8 Å². The van der Waals surface area contributed by atoms with Gasteiger partial charge in [0.25, 0.3) is 11.7 Å². The van der Waals surface area contributed by atoms with Crippen LogP contribution in [0.3, 0.4) is 0 Å². The molecular weight excluding hydrogens is 410 g/mol. The third-order valence-electron chi connectivity index (χ3n) is 5.89. The van der Waals surface area contributed by atoms with E-state index in [1.807, 2.05) is 26.0 Å². The zero-order valence-corrected chi connectivity index (χ0v) is 17.8. The predicted octanol–water partition coefficient (Wildman–Crippen LogP) is 4.56.